The summed E-state index contributed by atoms with van der Waals surface area (Å²) in [5.41, 5.74) is 1.86. The van der Waals surface area contributed by atoms with E-state index in [1.807, 2.05) is 23.9 Å². The van der Waals surface area contributed by atoms with Gasteiger partial charge in [0.15, 0.2) is 0 Å². The van der Waals surface area contributed by atoms with E-state index in [4.69, 9.17) is 0 Å². The Morgan fingerprint density at radius 2 is 2.38 bits per heavy atom. The van der Waals surface area contributed by atoms with E-state index >= 15 is 0 Å². The molecule has 0 spiro atoms. The predicted molar refractivity (Wildman–Crippen MR) is 46.8 cm³/mol. The Bertz CT molecular complexity index is 362. The van der Waals surface area contributed by atoms with Crippen LogP contribution in [0.5, 0.6) is 0 Å². The number of aryl methyl sites for hydroxylation is 1. The Balaban J connectivity index is 2.14. The Hall–Kier alpha value is -1.65. The van der Waals surface area contributed by atoms with Crippen molar-refractivity contribution in [2.75, 3.05) is 0 Å². The van der Waals surface area contributed by atoms with E-state index in [0.29, 0.717) is 6.54 Å². The van der Waals surface area contributed by atoms with Crippen molar-refractivity contribution in [3.8, 4) is 0 Å². The van der Waals surface area contributed by atoms with Crippen LogP contribution in [-0.4, -0.2) is 24.8 Å². The molecule has 0 amide bonds. The number of nitrogens with zero attached hydrogens (tertiary/aromatic N) is 5. The first-order chi connectivity index (χ1) is 6.24. The average molecular weight is 176 g/mol. The van der Waals surface area contributed by atoms with Crippen LogP contribution in [0.3, 0.4) is 0 Å². The van der Waals surface area contributed by atoms with Gasteiger partial charge in [-0.15, -0.1) is 5.10 Å². The van der Waals surface area contributed by atoms with Crippen molar-refractivity contribution in [2.45, 2.75) is 13.5 Å². The van der Waals surface area contributed by atoms with Gasteiger partial charge >= 0.3 is 0 Å². The van der Waals surface area contributed by atoms with Crippen molar-refractivity contribution >= 4 is 0 Å². The molecule has 0 unspecified atom stereocenters. The maximum Gasteiger partial charge on any atom is 0.104 e. The molecular formula is C8H10N5. The lowest BCUT2D eigenvalue weighted by atomic mass is 10.5. The third kappa shape index (κ3) is 1.74. The summed E-state index contributed by atoms with van der Waals surface area (Å²) in [6.07, 6.45) is 3.69. The standard InChI is InChI=1S/C8H10N5/c1-7-3-4-13(10-7)6-8-5-12(2)11-9-8/h3-5H,2,6H2,1H3. The smallest absolute Gasteiger partial charge is 0.104 e. The second-order valence-electron chi connectivity index (χ2n) is 2.90. The van der Waals surface area contributed by atoms with Gasteiger partial charge in [0.25, 0.3) is 0 Å². The zero-order valence-corrected chi connectivity index (χ0v) is 7.38. The topological polar surface area (TPSA) is 48.5 Å². The maximum atomic E-state index is 4.23. The molecule has 13 heavy (non-hydrogen) atoms. The van der Waals surface area contributed by atoms with Crippen molar-refractivity contribution in [2.24, 2.45) is 0 Å². The Kier molecular flexibility index (Phi) is 1.84. The molecule has 2 heterocycles. The number of hydrogen-bond donors (Lipinski definition) is 0. The van der Waals surface area contributed by atoms with Crippen molar-refractivity contribution in [1.82, 2.24) is 24.8 Å². The highest BCUT2D eigenvalue weighted by Crippen LogP contribution is 1.98. The molecule has 5 nitrogen and oxygen atoms in total. The van der Waals surface area contributed by atoms with Gasteiger partial charge in [0.1, 0.15) is 5.69 Å². The normalized spacial score (nSPS) is 10.6. The van der Waals surface area contributed by atoms with Gasteiger partial charge in [0.05, 0.1) is 25.5 Å². The summed E-state index contributed by atoms with van der Waals surface area (Å²) in [7, 11) is 3.60. The lowest BCUT2D eigenvalue weighted by molar-refractivity contribution is 0.663. The Morgan fingerprint density at radius 3 is 2.92 bits per heavy atom. The largest absolute Gasteiger partial charge is 0.266 e. The van der Waals surface area contributed by atoms with Crippen LogP contribution in [0.25, 0.3) is 0 Å². The summed E-state index contributed by atoms with van der Waals surface area (Å²) >= 11 is 0. The van der Waals surface area contributed by atoms with Crippen LogP contribution in [0.1, 0.15) is 11.4 Å². The minimum absolute atomic E-state index is 0.642. The third-order valence-electron chi connectivity index (χ3n) is 1.68. The first kappa shape index (κ1) is 7.97. The zero-order valence-electron chi connectivity index (χ0n) is 7.38. The van der Waals surface area contributed by atoms with Crippen LogP contribution < -0.4 is 0 Å². The van der Waals surface area contributed by atoms with Crippen molar-refractivity contribution in [3.63, 3.8) is 0 Å². The van der Waals surface area contributed by atoms with Crippen LogP contribution in [0, 0.1) is 14.0 Å². The van der Waals surface area contributed by atoms with Crippen molar-refractivity contribution in [3.05, 3.63) is 36.9 Å². The highest BCUT2D eigenvalue weighted by atomic mass is 15.4. The van der Waals surface area contributed by atoms with E-state index in [1.54, 1.807) is 6.20 Å². The molecule has 67 valence electrons. The summed E-state index contributed by atoms with van der Waals surface area (Å²) < 4.78 is 3.25. The van der Waals surface area contributed by atoms with Gasteiger partial charge in [0, 0.05) is 6.20 Å². The van der Waals surface area contributed by atoms with Crippen LogP contribution in [0.15, 0.2) is 18.5 Å². The first-order valence-electron chi connectivity index (χ1n) is 3.96. The minimum Gasteiger partial charge on any atom is -0.266 e. The molecule has 0 aliphatic heterocycles. The van der Waals surface area contributed by atoms with Gasteiger partial charge in [-0.3, -0.25) is 9.36 Å². The highest BCUT2D eigenvalue weighted by molar-refractivity contribution is 4.99. The fraction of sp³-hybridized carbons (Fsp3) is 0.250. The predicted octanol–water partition coefficient (Wildman–Crippen LogP) is 0.471. The molecule has 0 bridgehead atoms. The molecule has 0 fully saturated rings. The SMILES string of the molecule is [CH2]n1cc(Cn2ccc(C)n2)nn1. The Labute approximate surface area is 76.0 Å². The van der Waals surface area contributed by atoms with Gasteiger partial charge in [-0.2, -0.15) is 5.10 Å². The van der Waals surface area contributed by atoms with Gasteiger partial charge < -0.3 is 0 Å². The van der Waals surface area contributed by atoms with Crippen LogP contribution in [-0.2, 0) is 6.54 Å². The summed E-state index contributed by atoms with van der Waals surface area (Å²) in [5.74, 6) is 0. The van der Waals surface area contributed by atoms with Gasteiger partial charge in [0.2, 0.25) is 0 Å². The summed E-state index contributed by atoms with van der Waals surface area (Å²) in [6.45, 7) is 2.60. The van der Waals surface area contributed by atoms with Gasteiger partial charge in [-0.1, -0.05) is 5.21 Å². The number of aromatic nitrogens is 5. The number of rotatable bonds is 2. The molecule has 0 atom stereocenters. The number of hydrogen-bond acceptors (Lipinski definition) is 3. The first-order valence-corrected chi connectivity index (χ1v) is 3.96. The van der Waals surface area contributed by atoms with E-state index in [1.165, 1.54) is 4.68 Å². The lowest BCUT2D eigenvalue weighted by Gasteiger charge is -1.94. The summed E-state index contributed by atoms with van der Waals surface area (Å²) in [6, 6.07) is 1.95. The maximum absolute atomic E-state index is 4.23. The van der Waals surface area contributed by atoms with Crippen LogP contribution >= 0.6 is 0 Å². The average Bonchev–Trinajstić information content (AvgIpc) is 2.62. The quantitative estimate of drug-likeness (QED) is 0.668. The fourth-order valence-corrected chi connectivity index (χ4v) is 1.13. The molecule has 2 aromatic rings. The summed E-state index contributed by atoms with van der Waals surface area (Å²) in [5, 5.41) is 11.9. The summed E-state index contributed by atoms with van der Waals surface area (Å²) in [4.78, 5) is 0. The lowest BCUT2D eigenvalue weighted by Crippen LogP contribution is -2.00. The molecule has 5 heteroatoms. The zero-order chi connectivity index (χ0) is 9.26. The van der Waals surface area contributed by atoms with Gasteiger partial charge in [-0.25, -0.2) is 0 Å². The minimum atomic E-state index is 0.642. The second-order valence-corrected chi connectivity index (χ2v) is 2.90. The fourth-order valence-electron chi connectivity index (χ4n) is 1.13. The molecule has 0 aliphatic carbocycles. The molecule has 0 aromatic carbocycles. The molecule has 0 N–H and O–H groups in total. The molecule has 1 radical (unpaired) electrons. The van der Waals surface area contributed by atoms with Crippen molar-refractivity contribution in [1.29, 1.82) is 0 Å². The highest BCUT2D eigenvalue weighted by Gasteiger charge is 1.99. The molecular weight excluding hydrogens is 166 g/mol. The second kappa shape index (κ2) is 3.01. The van der Waals surface area contributed by atoms with Crippen LogP contribution in [0.2, 0.25) is 0 Å². The van der Waals surface area contributed by atoms with Crippen LogP contribution in [0.4, 0.5) is 0 Å². The van der Waals surface area contributed by atoms with Crippen molar-refractivity contribution < 1.29 is 0 Å². The Morgan fingerprint density at radius 1 is 1.54 bits per heavy atom. The monoisotopic (exact) mass is 176 g/mol. The molecule has 0 saturated carbocycles. The molecule has 2 rings (SSSR count). The van der Waals surface area contributed by atoms with Gasteiger partial charge in [-0.05, 0) is 13.0 Å². The molecule has 2 aromatic heterocycles. The van der Waals surface area contributed by atoms with E-state index in [0.717, 1.165) is 11.4 Å². The van der Waals surface area contributed by atoms with E-state index in [-0.39, 0.29) is 0 Å². The third-order valence-corrected chi connectivity index (χ3v) is 1.68. The molecule has 0 aliphatic rings. The molecule has 0 saturated heterocycles. The van der Waals surface area contributed by atoms with E-state index in [2.05, 4.69) is 22.5 Å². The van der Waals surface area contributed by atoms with E-state index in [9.17, 15) is 0 Å². The van der Waals surface area contributed by atoms with E-state index < -0.39 is 0 Å².